The molecule has 3 fully saturated rings. The van der Waals surface area contributed by atoms with E-state index in [1.165, 1.54) is 18.7 Å². The largest absolute Gasteiger partial charge is 0.380 e. The summed E-state index contributed by atoms with van der Waals surface area (Å²) >= 11 is 0. The third-order valence-corrected chi connectivity index (χ3v) is 10.4. The van der Waals surface area contributed by atoms with Gasteiger partial charge in [-0.05, 0) is 43.7 Å². The Morgan fingerprint density at radius 1 is 1.16 bits per heavy atom. The second kappa shape index (κ2) is 15.4. The van der Waals surface area contributed by atoms with E-state index in [4.69, 9.17) is 16.2 Å². The van der Waals surface area contributed by atoms with Crippen LogP contribution in [0.1, 0.15) is 72.1 Å². The highest BCUT2D eigenvalue weighted by Crippen LogP contribution is 2.36. The SMILES string of the molecule is CCCCCCC1(N2CCN(C(=O)C3COC3)CC2)CCNCC1NC(=O)C(C(N)N)C1CC(C)(CC)/C=C\C(F)/C=N\1. The Labute approximate surface area is 257 Å². The van der Waals surface area contributed by atoms with E-state index in [1.807, 2.05) is 11.0 Å². The van der Waals surface area contributed by atoms with Crippen LogP contribution in [0.2, 0.25) is 0 Å². The van der Waals surface area contributed by atoms with E-state index < -0.39 is 24.3 Å². The summed E-state index contributed by atoms with van der Waals surface area (Å²) in [5, 5.41) is 6.92. The van der Waals surface area contributed by atoms with Crippen LogP contribution in [0.5, 0.6) is 0 Å². The van der Waals surface area contributed by atoms with Gasteiger partial charge in [-0.3, -0.25) is 19.5 Å². The second-order valence-corrected chi connectivity index (χ2v) is 13.5. The summed E-state index contributed by atoms with van der Waals surface area (Å²) < 4.78 is 19.8. The van der Waals surface area contributed by atoms with E-state index >= 15 is 0 Å². The molecule has 0 aromatic rings. The molecule has 0 aliphatic carbocycles. The van der Waals surface area contributed by atoms with Gasteiger partial charge in [-0.2, -0.15) is 0 Å². The van der Waals surface area contributed by atoms with Gasteiger partial charge in [-0.25, -0.2) is 4.39 Å². The minimum absolute atomic E-state index is 0.00782. The van der Waals surface area contributed by atoms with Crippen molar-refractivity contribution in [1.82, 2.24) is 20.4 Å². The van der Waals surface area contributed by atoms with Crippen LogP contribution in [0.4, 0.5) is 4.39 Å². The van der Waals surface area contributed by atoms with Gasteiger partial charge in [0.1, 0.15) is 0 Å². The number of nitrogens with one attached hydrogen (secondary N) is 2. The number of hydrogen-bond acceptors (Lipinski definition) is 8. The molecule has 2 amide bonds. The zero-order valence-corrected chi connectivity index (χ0v) is 26.6. The Kier molecular flexibility index (Phi) is 12.2. The number of halogens is 1. The minimum Gasteiger partial charge on any atom is -0.380 e. The third kappa shape index (κ3) is 8.22. The van der Waals surface area contributed by atoms with Crippen molar-refractivity contribution in [3.8, 4) is 0 Å². The van der Waals surface area contributed by atoms with Crippen molar-refractivity contribution >= 4 is 18.0 Å². The van der Waals surface area contributed by atoms with Crippen molar-refractivity contribution in [2.75, 3.05) is 52.5 Å². The van der Waals surface area contributed by atoms with Gasteiger partial charge >= 0.3 is 0 Å². The van der Waals surface area contributed by atoms with Crippen molar-refractivity contribution in [3.05, 3.63) is 12.2 Å². The van der Waals surface area contributed by atoms with Crippen LogP contribution in [-0.4, -0.2) is 110 Å². The lowest BCUT2D eigenvalue weighted by atomic mass is 9.75. The molecule has 6 atom stereocenters. The zero-order chi connectivity index (χ0) is 31.0. The number of alkyl halides is 1. The molecule has 0 spiro atoms. The Hall–Kier alpha value is -1.92. The van der Waals surface area contributed by atoms with E-state index in [1.54, 1.807) is 0 Å². The molecule has 0 radical (unpaired) electrons. The van der Waals surface area contributed by atoms with Gasteiger partial charge in [0.15, 0.2) is 6.17 Å². The number of ether oxygens (including phenoxy) is 1. The second-order valence-electron chi connectivity index (χ2n) is 13.5. The average molecular weight is 606 g/mol. The predicted molar refractivity (Wildman–Crippen MR) is 168 cm³/mol. The van der Waals surface area contributed by atoms with E-state index in [0.29, 0.717) is 39.3 Å². The highest BCUT2D eigenvalue weighted by atomic mass is 19.1. The molecule has 10 nitrogen and oxygen atoms in total. The van der Waals surface area contributed by atoms with Crippen molar-refractivity contribution in [2.45, 2.75) is 102 Å². The molecule has 4 aliphatic rings. The van der Waals surface area contributed by atoms with Gasteiger partial charge in [0.2, 0.25) is 11.8 Å². The van der Waals surface area contributed by atoms with Gasteiger partial charge in [0.25, 0.3) is 0 Å². The molecule has 244 valence electrons. The van der Waals surface area contributed by atoms with Gasteiger partial charge < -0.3 is 31.7 Å². The highest BCUT2D eigenvalue weighted by molar-refractivity contribution is 5.81. The zero-order valence-electron chi connectivity index (χ0n) is 26.6. The lowest BCUT2D eigenvalue weighted by Crippen LogP contribution is -2.72. The lowest BCUT2D eigenvalue weighted by Gasteiger charge is -2.54. The number of amides is 2. The number of carbonyl (C=O) groups excluding carboxylic acids is 2. The first-order chi connectivity index (χ1) is 20.6. The molecule has 0 aromatic heterocycles. The first-order valence-electron chi connectivity index (χ1n) is 16.6. The number of unbranched alkanes of at least 4 members (excludes halogenated alkanes) is 3. The number of nitrogens with two attached hydrogens (primary N) is 2. The standard InChI is InChI=1S/C32H56FN7O3/c1-4-6-7-8-10-32(40-16-14-39(15-17-40)30(42)23-21-43-22-23)12-13-36-20-26(32)38-29(41)27(28(34)35)25-18-31(3,5-2)11-9-24(33)19-37-25/h9,11,19,23-28,36H,4-8,10,12-18,20-22,34-35H2,1-3H3,(H,38,41)/b11-9-,37-19-. The number of carbonyl (C=O) groups is 2. The van der Waals surface area contributed by atoms with Crippen LogP contribution in [0.25, 0.3) is 0 Å². The molecule has 43 heavy (non-hydrogen) atoms. The van der Waals surface area contributed by atoms with E-state index in [-0.39, 0.29) is 34.7 Å². The smallest absolute Gasteiger partial charge is 0.230 e. The van der Waals surface area contributed by atoms with Crippen molar-refractivity contribution in [3.63, 3.8) is 0 Å². The average Bonchev–Trinajstić information content (AvgIpc) is 2.96. The molecule has 4 heterocycles. The Bertz CT molecular complexity index is 984. The van der Waals surface area contributed by atoms with E-state index in [0.717, 1.165) is 58.2 Å². The van der Waals surface area contributed by atoms with Gasteiger partial charge in [-0.1, -0.05) is 52.5 Å². The molecule has 3 saturated heterocycles. The molecule has 0 bridgehead atoms. The first kappa shape index (κ1) is 34.0. The maximum Gasteiger partial charge on any atom is 0.230 e. The lowest BCUT2D eigenvalue weighted by molar-refractivity contribution is -0.153. The summed E-state index contributed by atoms with van der Waals surface area (Å²) in [4.78, 5) is 36.1. The van der Waals surface area contributed by atoms with Crippen LogP contribution in [-0.2, 0) is 14.3 Å². The summed E-state index contributed by atoms with van der Waals surface area (Å²) in [5.74, 6) is -0.825. The summed E-state index contributed by atoms with van der Waals surface area (Å²) in [6.45, 7) is 11.8. The summed E-state index contributed by atoms with van der Waals surface area (Å²) in [5.41, 5.74) is 12.0. The molecule has 4 rings (SSSR count). The molecular formula is C32H56FN7O3. The van der Waals surface area contributed by atoms with Gasteiger partial charge in [-0.15, -0.1) is 0 Å². The summed E-state index contributed by atoms with van der Waals surface area (Å²) in [7, 11) is 0. The number of piperidine rings is 1. The summed E-state index contributed by atoms with van der Waals surface area (Å²) in [6, 6.07) is -0.698. The Balaban J connectivity index is 1.54. The Morgan fingerprint density at radius 2 is 1.91 bits per heavy atom. The fourth-order valence-corrected chi connectivity index (χ4v) is 7.32. The van der Waals surface area contributed by atoms with E-state index in [9.17, 15) is 14.0 Å². The maximum atomic E-state index is 14.5. The number of allylic oxidation sites excluding steroid dienone is 2. The number of rotatable bonds is 12. The first-order valence-corrected chi connectivity index (χ1v) is 16.6. The van der Waals surface area contributed by atoms with Crippen molar-refractivity contribution in [2.24, 2.45) is 33.7 Å². The van der Waals surface area contributed by atoms with Crippen LogP contribution < -0.4 is 22.1 Å². The predicted octanol–water partition coefficient (Wildman–Crippen LogP) is 1.98. The number of aliphatic imine (C=N–C) groups is 1. The number of nitrogens with zero attached hydrogens (tertiary/aromatic N) is 3. The molecule has 6 N–H and O–H groups in total. The Morgan fingerprint density at radius 3 is 2.53 bits per heavy atom. The maximum absolute atomic E-state index is 14.5. The molecule has 0 saturated carbocycles. The van der Waals surface area contributed by atoms with Crippen LogP contribution in [0, 0.1) is 17.3 Å². The van der Waals surface area contributed by atoms with Crippen LogP contribution in [0.15, 0.2) is 17.1 Å². The van der Waals surface area contributed by atoms with Crippen molar-refractivity contribution < 1.29 is 18.7 Å². The fraction of sp³-hybridized carbons (Fsp3) is 0.844. The number of piperazine rings is 1. The molecular weight excluding hydrogens is 549 g/mol. The van der Waals surface area contributed by atoms with Gasteiger partial charge in [0.05, 0.1) is 43.3 Å². The molecule has 0 aromatic carbocycles. The highest BCUT2D eigenvalue weighted by Gasteiger charge is 2.48. The molecule has 6 unspecified atom stereocenters. The number of hydrogen-bond donors (Lipinski definition) is 4. The van der Waals surface area contributed by atoms with Crippen LogP contribution >= 0.6 is 0 Å². The van der Waals surface area contributed by atoms with E-state index in [2.05, 4.69) is 41.3 Å². The third-order valence-electron chi connectivity index (χ3n) is 10.4. The minimum atomic E-state index is -1.31. The summed E-state index contributed by atoms with van der Waals surface area (Å²) in [6.07, 6.45) is 10.2. The fourth-order valence-electron chi connectivity index (χ4n) is 7.32. The quantitative estimate of drug-likeness (QED) is 0.152. The molecule has 4 aliphatic heterocycles. The van der Waals surface area contributed by atoms with Crippen LogP contribution in [0.3, 0.4) is 0 Å². The van der Waals surface area contributed by atoms with Crippen molar-refractivity contribution in [1.29, 1.82) is 0 Å². The normalized spacial score (nSPS) is 34.6. The monoisotopic (exact) mass is 605 g/mol. The molecule has 11 heteroatoms. The van der Waals surface area contributed by atoms with Gasteiger partial charge in [0, 0.05) is 44.5 Å². The topological polar surface area (TPSA) is 138 Å².